The second kappa shape index (κ2) is 26.7. The molecular formula is C56H86N2O9S2. The molecule has 0 amide bonds. The number of hydrogen-bond acceptors (Lipinski definition) is 13. The summed E-state index contributed by atoms with van der Waals surface area (Å²) in [4.78, 5) is 62.0. The molecule has 13 heteroatoms. The molecule has 4 heterocycles. The molecule has 0 aliphatic carbocycles. The predicted octanol–water partition coefficient (Wildman–Crippen LogP) is 11.9. The van der Waals surface area contributed by atoms with Gasteiger partial charge in [-0.15, -0.1) is 22.7 Å². The van der Waals surface area contributed by atoms with Crippen molar-refractivity contribution in [3.05, 3.63) is 67.1 Å². The normalized spacial score (nSPS) is 33.5. The second-order valence-corrected chi connectivity index (χ2v) is 23.7. The quantitative estimate of drug-likeness (QED) is 0.196. The van der Waals surface area contributed by atoms with E-state index in [1.807, 2.05) is 64.5 Å². The zero-order valence-corrected chi connectivity index (χ0v) is 46.3. The number of aromatic nitrogens is 2. The predicted molar refractivity (Wildman–Crippen MR) is 280 cm³/mol. The summed E-state index contributed by atoms with van der Waals surface area (Å²) in [7, 11) is 0. The van der Waals surface area contributed by atoms with Crippen LogP contribution in [0.1, 0.15) is 170 Å². The second-order valence-electron chi connectivity index (χ2n) is 21.5. The number of thiazole rings is 2. The number of nitrogens with zero attached hydrogens (tertiary/aromatic N) is 2. The summed E-state index contributed by atoms with van der Waals surface area (Å²) in [5.41, 5.74) is 2.37. The minimum atomic E-state index is -1.25. The highest BCUT2D eigenvalue weighted by molar-refractivity contribution is 7.09. The van der Waals surface area contributed by atoms with Gasteiger partial charge >= 0.3 is 11.9 Å². The fourth-order valence-electron chi connectivity index (χ4n) is 9.49. The molecule has 0 aromatic carbocycles. The standard InChI is InChI=1S/C28H43NO5S.C28H43NO4S/c1-16-10-9-11-17(2)24(30)19(4)25(31)28(7,8)26(32)20(5)27(33)34-23(13-12-16)18(3)14-22-15-35-21(6)29-22;1-17-13-11-9-10-12-14-24(18(2)15-23-16-34-22(6)29-23)33-27(32)21(5)26(31)28(7,8)25(30)20(4)19(17)3/h12,14-15,17,19-20,23-24,26,30,32H,9-11,13H2,1-8H3;10,12,15-17,19-21,24,26,31H,9,11,13-14H2,1-8H3/b16-12-,18-14+;12-10-,18-15+/t17-,19+,20?,23-,24-,26-;17-,19-,20+,21?,24-,26-/m00/s1. The van der Waals surface area contributed by atoms with Crippen molar-refractivity contribution in [3.8, 4) is 0 Å². The maximum atomic E-state index is 13.4. The third kappa shape index (κ3) is 16.7. The van der Waals surface area contributed by atoms with Gasteiger partial charge in [0.25, 0.3) is 0 Å². The lowest BCUT2D eigenvalue weighted by molar-refractivity contribution is -0.163. The van der Waals surface area contributed by atoms with Gasteiger partial charge in [0, 0.05) is 35.4 Å². The van der Waals surface area contributed by atoms with Gasteiger partial charge in [0.2, 0.25) is 0 Å². The minimum Gasteiger partial charge on any atom is -0.457 e. The van der Waals surface area contributed by atoms with Crippen LogP contribution in [-0.4, -0.2) is 79.3 Å². The molecule has 69 heavy (non-hydrogen) atoms. The summed E-state index contributed by atoms with van der Waals surface area (Å²) in [5.74, 6) is -3.34. The van der Waals surface area contributed by atoms with Gasteiger partial charge in [-0.05, 0) is 122 Å². The first kappa shape index (κ1) is 59.7. The zero-order chi connectivity index (χ0) is 52.1. The van der Waals surface area contributed by atoms with Crippen LogP contribution in [0.25, 0.3) is 12.2 Å². The van der Waals surface area contributed by atoms with Crippen molar-refractivity contribution in [1.82, 2.24) is 9.97 Å². The molecule has 0 spiro atoms. The molecule has 3 N–H and O–H groups in total. The first-order valence-corrected chi connectivity index (χ1v) is 26.9. The first-order valence-electron chi connectivity index (χ1n) is 25.2. The van der Waals surface area contributed by atoms with Gasteiger partial charge in [-0.1, -0.05) is 92.5 Å². The molecule has 0 radical (unpaired) electrons. The molecule has 2 aromatic heterocycles. The number of aliphatic hydroxyl groups is 3. The van der Waals surface area contributed by atoms with Crippen LogP contribution in [0.2, 0.25) is 0 Å². The molecule has 2 aliphatic rings. The van der Waals surface area contributed by atoms with Crippen molar-refractivity contribution >= 4 is 58.3 Å². The third-order valence-corrected chi connectivity index (χ3v) is 16.6. The fourth-order valence-corrected chi connectivity index (χ4v) is 10.6. The Labute approximate surface area is 422 Å². The average molecular weight is 995 g/mol. The Kier molecular flexibility index (Phi) is 23.1. The van der Waals surface area contributed by atoms with Gasteiger partial charge in [0.15, 0.2) is 0 Å². The molecule has 0 bridgehead atoms. The molecule has 2 aliphatic heterocycles. The van der Waals surface area contributed by atoms with Crippen LogP contribution in [0.3, 0.4) is 0 Å². The number of hydrogen-bond donors (Lipinski definition) is 3. The lowest BCUT2D eigenvalue weighted by Crippen LogP contribution is -2.49. The monoisotopic (exact) mass is 995 g/mol. The Morgan fingerprint density at radius 3 is 1.55 bits per heavy atom. The van der Waals surface area contributed by atoms with E-state index in [9.17, 15) is 34.5 Å². The van der Waals surface area contributed by atoms with E-state index >= 15 is 0 Å². The Hall–Kier alpha value is -3.62. The topological polar surface area (TPSA) is 173 Å². The first-order chi connectivity index (χ1) is 32.1. The van der Waals surface area contributed by atoms with E-state index in [4.69, 9.17) is 9.47 Å². The molecule has 2 unspecified atom stereocenters. The molecule has 0 saturated carbocycles. The summed E-state index contributed by atoms with van der Waals surface area (Å²) >= 11 is 3.14. The Balaban J connectivity index is 0.000000365. The van der Waals surface area contributed by atoms with Crippen LogP contribution in [0.5, 0.6) is 0 Å². The number of carbonyl (C=O) groups is 4. The number of rotatable bonds is 4. The SMILES string of the molecule is C/C(=C\c1csc(C)n1)[C@@H]1C/C=C\CCC[C@H](C)[C@H](C)[C@@H](C)C(=O)C(C)(C)[C@@H](O)C(C)C(=O)O1.C/C1=C/C[C@@H](/C(C)=C/c2csc(C)n2)OC(=O)C(C)[C@H](O)C(C)(C)C(=O)[C@H](C)[C@@H](O)[C@@H](C)CCC1. The lowest BCUT2D eigenvalue weighted by Gasteiger charge is -2.37. The molecule has 2 aromatic rings. The van der Waals surface area contributed by atoms with E-state index in [-0.39, 0.29) is 29.3 Å². The zero-order valence-electron chi connectivity index (χ0n) is 44.6. The number of Topliss-reactive ketones (excluding diaryl/α,β-unsaturated/α-hetero) is 2. The van der Waals surface area contributed by atoms with Gasteiger partial charge < -0.3 is 24.8 Å². The minimum absolute atomic E-state index is 0.00230. The van der Waals surface area contributed by atoms with Crippen molar-refractivity contribution in [1.29, 1.82) is 0 Å². The van der Waals surface area contributed by atoms with Crippen molar-refractivity contribution in [2.45, 2.75) is 193 Å². The van der Waals surface area contributed by atoms with E-state index in [0.717, 1.165) is 71.1 Å². The number of ketones is 2. The molecule has 0 fully saturated rings. The van der Waals surface area contributed by atoms with Crippen LogP contribution >= 0.6 is 22.7 Å². The van der Waals surface area contributed by atoms with Gasteiger partial charge in [-0.3, -0.25) is 19.2 Å². The Morgan fingerprint density at radius 2 is 1.09 bits per heavy atom. The lowest BCUT2D eigenvalue weighted by atomic mass is 9.68. The van der Waals surface area contributed by atoms with Crippen LogP contribution < -0.4 is 0 Å². The van der Waals surface area contributed by atoms with Gasteiger partial charge in [-0.2, -0.15) is 0 Å². The van der Waals surface area contributed by atoms with Crippen LogP contribution in [0, 0.1) is 66.1 Å². The maximum Gasteiger partial charge on any atom is 0.311 e. The summed E-state index contributed by atoms with van der Waals surface area (Å²) in [6.45, 7) is 29.8. The summed E-state index contributed by atoms with van der Waals surface area (Å²) in [5, 5.41) is 38.9. The molecule has 12 atom stereocenters. The van der Waals surface area contributed by atoms with Crippen LogP contribution in [-0.2, 0) is 28.7 Å². The number of aryl methyl sites for hydroxylation is 2. The highest BCUT2D eigenvalue weighted by Crippen LogP contribution is 2.37. The molecule has 11 nitrogen and oxygen atoms in total. The Bertz CT molecular complexity index is 2150. The fraction of sp³-hybridized carbons (Fsp3) is 0.679. The highest BCUT2D eigenvalue weighted by Gasteiger charge is 2.47. The van der Waals surface area contributed by atoms with Crippen molar-refractivity contribution < 1.29 is 44.0 Å². The van der Waals surface area contributed by atoms with E-state index in [0.29, 0.717) is 18.8 Å². The molecule has 386 valence electrons. The maximum absolute atomic E-state index is 13.4. The van der Waals surface area contributed by atoms with E-state index < -0.39 is 71.0 Å². The van der Waals surface area contributed by atoms with E-state index in [1.165, 1.54) is 5.57 Å². The average Bonchev–Trinajstić information content (AvgIpc) is 3.92. The number of allylic oxidation sites excluding steroid dienone is 2. The highest BCUT2D eigenvalue weighted by atomic mass is 32.1. The van der Waals surface area contributed by atoms with Crippen molar-refractivity contribution in [2.24, 2.45) is 52.3 Å². The van der Waals surface area contributed by atoms with Crippen molar-refractivity contribution in [2.75, 3.05) is 0 Å². The summed E-state index contributed by atoms with van der Waals surface area (Å²) in [6, 6.07) is 0. The van der Waals surface area contributed by atoms with Gasteiger partial charge in [0.1, 0.15) is 23.8 Å². The summed E-state index contributed by atoms with van der Waals surface area (Å²) in [6.07, 6.45) is 12.8. The van der Waals surface area contributed by atoms with Crippen LogP contribution in [0.4, 0.5) is 0 Å². The molecule has 4 rings (SSSR count). The molecule has 0 saturated heterocycles. The van der Waals surface area contributed by atoms with Gasteiger partial charge in [0.05, 0.1) is 62.4 Å². The van der Waals surface area contributed by atoms with Crippen molar-refractivity contribution in [3.63, 3.8) is 0 Å². The van der Waals surface area contributed by atoms with E-state index in [2.05, 4.69) is 49.0 Å². The number of aliphatic hydroxyl groups excluding tert-OH is 3. The van der Waals surface area contributed by atoms with Crippen LogP contribution in [0.15, 0.2) is 45.7 Å². The number of ether oxygens (including phenoxy) is 2. The number of cyclic esters (lactones) is 2. The third-order valence-electron chi connectivity index (χ3n) is 15.1. The number of esters is 2. The summed E-state index contributed by atoms with van der Waals surface area (Å²) < 4.78 is 11.8. The Morgan fingerprint density at radius 1 is 0.638 bits per heavy atom. The van der Waals surface area contributed by atoms with Gasteiger partial charge in [-0.25, -0.2) is 9.97 Å². The smallest absolute Gasteiger partial charge is 0.311 e. The number of carbonyl (C=O) groups excluding carboxylic acids is 4. The largest absolute Gasteiger partial charge is 0.457 e. The molecular weight excluding hydrogens is 909 g/mol. The van der Waals surface area contributed by atoms with E-state index in [1.54, 1.807) is 71.1 Å².